The van der Waals surface area contributed by atoms with Gasteiger partial charge in [0.05, 0.1) is 10.9 Å². The lowest BCUT2D eigenvalue weighted by molar-refractivity contribution is -0.123. The third-order valence-electron chi connectivity index (χ3n) is 6.48. The number of likely N-dealkylation sites (tertiary alicyclic amines) is 1. The second kappa shape index (κ2) is 10.0. The molecule has 1 aliphatic rings. The van der Waals surface area contributed by atoms with Gasteiger partial charge in [-0.25, -0.2) is 4.79 Å². The van der Waals surface area contributed by atoms with Crippen molar-refractivity contribution in [1.82, 2.24) is 14.5 Å². The molecule has 1 aromatic heterocycles. The van der Waals surface area contributed by atoms with Crippen molar-refractivity contribution >= 4 is 28.4 Å². The molecule has 0 saturated carbocycles. The molecule has 9 nitrogen and oxygen atoms in total. The number of nitrogens with two attached hydrogens (primary N) is 1. The van der Waals surface area contributed by atoms with E-state index in [1.54, 1.807) is 19.1 Å². The van der Waals surface area contributed by atoms with Crippen LogP contribution in [-0.2, 0) is 17.8 Å². The van der Waals surface area contributed by atoms with Gasteiger partial charge in [0, 0.05) is 30.3 Å². The Morgan fingerprint density at radius 2 is 1.79 bits per heavy atom. The fourth-order valence-electron chi connectivity index (χ4n) is 4.37. The van der Waals surface area contributed by atoms with Gasteiger partial charge >= 0.3 is 5.69 Å². The van der Waals surface area contributed by atoms with Crippen LogP contribution in [-0.4, -0.2) is 45.9 Å². The van der Waals surface area contributed by atoms with E-state index in [1.807, 2.05) is 24.3 Å². The number of aromatic amines is 1. The zero-order valence-corrected chi connectivity index (χ0v) is 19.2. The van der Waals surface area contributed by atoms with Crippen LogP contribution in [0.15, 0.2) is 52.1 Å². The predicted molar refractivity (Wildman–Crippen MR) is 131 cm³/mol. The Balaban J connectivity index is 1.36. The number of hydrogen-bond acceptors (Lipinski definition) is 5. The number of anilines is 1. The van der Waals surface area contributed by atoms with Gasteiger partial charge in [-0.1, -0.05) is 12.1 Å². The highest BCUT2D eigenvalue weighted by Gasteiger charge is 2.22. The van der Waals surface area contributed by atoms with Crippen molar-refractivity contribution in [2.45, 2.75) is 32.7 Å². The molecule has 4 N–H and O–H groups in total. The first kappa shape index (κ1) is 23.4. The summed E-state index contributed by atoms with van der Waals surface area (Å²) < 4.78 is 1.12. The number of carbonyl (C=O) groups excluding carboxylic acids is 2. The molecular formula is C25H29N5O4. The summed E-state index contributed by atoms with van der Waals surface area (Å²) >= 11 is 0. The van der Waals surface area contributed by atoms with E-state index in [4.69, 9.17) is 5.73 Å². The lowest BCUT2D eigenvalue weighted by Gasteiger charge is -2.30. The average Bonchev–Trinajstić information content (AvgIpc) is 2.83. The van der Waals surface area contributed by atoms with Gasteiger partial charge < -0.3 is 20.9 Å². The zero-order chi connectivity index (χ0) is 24.2. The van der Waals surface area contributed by atoms with Gasteiger partial charge in [-0.05, 0) is 75.2 Å². The number of hydrogen-bond donors (Lipinski definition) is 3. The summed E-state index contributed by atoms with van der Waals surface area (Å²) in [6.07, 6.45) is 2.51. The normalized spacial score (nSPS) is 14.9. The molecule has 0 spiro atoms. The summed E-state index contributed by atoms with van der Waals surface area (Å²) in [6.45, 7) is 4.67. The maximum atomic E-state index is 12.7. The van der Waals surface area contributed by atoms with Crippen LogP contribution in [0.3, 0.4) is 0 Å². The molecule has 3 aromatic rings. The molecule has 0 radical (unpaired) electrons. The summed E-state index contributed by atoms with van der Waals surface area (Å²) in [7, 11) is 0. The van der Waals surface area contributed by atoms with Crippen molar-refractivity contribution in [3.05, 3.63) is 74.4 Å². The number of rotatable bonds is 7. The highest BCUT2D eigenvalue weighted by molar-refractivity contribution is 6.06. The number of fused-ring (bicyclic) bond motifs is 1. The number of H-pyrrole nitrogens is 1. The molecule has 2 aromatic carbocycles. The number of piperidine rings is 1. The molecule has 2 amide bonds. The summed E-state index contributed by atoms with van der Waals surface area (Å²) in [5.41, 5.74) is 7.03. The SMILES string of the molecule is CCn1c(=O)[nH]c2cc(C(=O)Nc3ccc(CCN4CCC(C(N)=O)CC4)cc3)ccc2c1=O. The summed E-state index contributed by atoms with van der Waals surface area (Å²) in [4.78, 5) is 53.5. The third kappa shape index (κ3) is 5.09. The second-order valence-electron chi connectivity index (χ2n) is 8.66. The summed E-state index contributed by atoms with van der Waals surface area (Å²) in [5, 5.41) is 3.22. The van der Waals surface area contributed by atoms with E-state index < -0.39 is 5.69 Å². The Morgan fingerprint density at radius 3 is 2.44 bits per heavy atom. The van der Waals surface area contributed by atoms with Crippen molar-refractivity contribution in [3.8, 4) is 0 Å². The Morgan fingerprint density at radius 1 is 1.09 bits per heavy atom. The first-order valence-corrected chi connectivity index (χ1v) is 11.5. The standard InChI is InChI=1S/C25H29N5O4/c1-2-30-24(33)20-8-5-18(15-21(20)28-25(30)34)23(32)27-19-6-3-16(4-7-19)9-12-29-13-10-17(11-14-29)22(26)31/h3-8,15,17H,2,9-14H2,1H3,(H2,26,31)(H,27,32)(H,28,34). The number of amides is 2. The van der Waals surface area contributed by atoms with Crippen molar-refractivity contribution in [2.24, 2.45) is 11.7 Å². The Bertz CT molecular complexity index is 1320. The maximum Gasteiger partial charge on any atom is 0.328 e. The number of aromatic nitrogens is 2. The minimum Gasteiger partial charge on any atom is -0.369 e. The first-order valence-electron chi connectivity index (χ1n) is 11.5. The van der Waals surface area contributed by atoms with Gasteiger partial charge in [-0.15, -0.1) is 0 Å². The minimum atomic E-state index is -0.495. The topological polar surface area (TPSA) is 130 Å². The number of benzene rings is 2. The zero-order valence-electron chi connectivity index (χ0n) is 19.2. The van der Waals surface area contributed by atoms with E-state index in [0.717, 1.165) is 49.0 Å². The van der Waals surface area contributed by atoms with Crippen LogP contribution >= 0.6 is 0 Å². The largest absolute Gasteiger partial charge is 0.369 e. The number of carbonyl (C=O) groups is 2. The molecule has 0 unspecified atom stereocenters. The molecule has 1 saturated heterocycles. The molecule has 9 heteroatoms. The second-order valence-corrected chi connectivity index (χ2v) is 8.66. The monoisotopic (exact) mass is 463 g/mol. The predicted octanol–water partition coefficient (Wildman–Crippen LogP) is 1.70. The van der Waals surface area contributed by atoms with Crippen molar-refractivity contribution in [3.63, 3.8) is 0 Å². The van der Waals surface area contributed by atoms with E-state index in [-0.39, 0.29) is 29.8 Å². The van der Waals surface area contributed by atoms with Crippen LogP contribution in [0.2, 0.25) is 0 Å². The lowest BCUT2D eigenvalue weighted by Crippen LogP contribution is -2.39. The van der Waals surface area contributed by atoms with E-state index in [1.165, 1.54) is 6.07 Å². The quantitative estimate of drug-likeness (QED) is 0.491. The molecule has 34 heavy (non-hydrogen) atoms. The summed E-state index contributed by atoms with van der Waals surface area (Å²) in [6, 6.07) is 12.3. The highest BCUT2D eigenvalue weighted by atomic mass is 16.2. The van der Waals surface area contributed by atoms with Crippen LogP contribution in [0.25, 0.3) is 10.9 Å². The Labute approximate surface area is 196 Å². The number of primary amides is 1. The van der Waals surface area contributed by atoms with Gasteiger partial charge in [0.1, 0.15) is 0 Å². The van der Waals surface area contributed by atoms with Gasteiger partial charge in [-0.2, -0.15) is 0 Å². The molecule has 1 aliphatic heterocycles. The van der Waals surface area contributed by atoms with E-state index in [0.29, 0.717) is 22.2 Å². The maximum absolute atomic E-state index is 12.7. The van der Waals surface area contributed by atoms with Gasteiger partial charge in [0.25, 0.3) is 11.5 Å². The molecule has 2 heterocycles. The van der Waals surface area contributed by atoms with E-state index in [2.05, 4.69) is 15.2 Å². The molecule has 1 fully saturated rings. The van der Waals surface area contributed by atoms with Crippen molar-refractivity contribution < 1.29 is 9.59 Å². The number of nitrogens with zero attached hydrogens (tertiary/aromatic N) is 2. The molecule has 0 bridgehead atoms. The molecule has 4 rings (SSSR count). The van der Waals surface area contributed by atoms with Crippen molar-refractivity contribution in [1.29, 1.82) is 0 Å². The fraction of sp³-hybridized carbons (Fsp3) is 0.360. The number of nitrogens with one attached hydrogen (secondary N) is 2. The van der Waals surface area contributed by atoms with Crippen LogP contribution in [0.1, 0.15) is 35.7 Å². The Kier molecular flexibility index (Phi) is 6.93. The fourth-order valence-corrected chi connectivity index (χ4v) is 4.37. The summed E-state index contributed by atoms with van der Waals surface area (Å²) in [5.74, 6) is -0.529. The van der Waals surface area contributed by atoms with E-state index >= 15 is 0 Å². The molecular weight excluding hydrogens is 434 g/mol. The molecule has 0 aliphatic carbocycles. The third-order valence-corrected chi connectivity index (χ3v) is 6.48. The van der Waals surface area contributed by atoms with E-state index in [9.17, 15) is 19.2 Å². The Hall–Kier alpha value is -3.72. The van der Waals surface area contributed by atoms with Crippen LogP contribution in [0, 0.1) is 5.92 Å². The molecule has 178 valence electrons. The minimum absolute atomic E-state index is 0.00273. The van der Waals surface area contributed by atoms with Crippen molar-refractivity contribution in [2.75, 3.05) is 25.0 Å². The average molecular weight is 464 g/mol. The lowest BCUT2D eigenvalue weighted by atomic mass is 9.96. The highest BCUT2D eigenvalue weighted by Crippen LogP contribution is 2.18. The van der Waals surface area contributed by atoms with Crippen LogP contribution in [0.5, 0.6) is 0 Å². The van der Waals surface area contributed by atoms with Gasteiger partial charge in [0.15, 0.2) is 0 Å². The van der Waals surface area contributed by atoms with Crippen LogP contribution < -0.4 is 22.3 Å². The van der Waals surface area contributed by atoms with Gasteiger partial charge in [0.2, 0.25) is 5.91 Å². The first-order chi connectivity index (χ1) is 16.4. The smallest absolute Gasteiger partial charge is 0.328 e. The van der Waals surface area contributed by atoms with Crippen LogP contribution in [0.4, 0.5) is 5.69 Å². The molecule has 0 atom stereocenters. The van der Waals surface area contributed by atoms with Gasteiger partial charge in [-0.3, -0.25) is 19.0 Å².